The summed E-state index contributed by atoms with van der Waals surface area (Å²) in [5.41, 5.74) is 1.63. The van der Waals surface area contributed by atoms with Crippen LogP contribution in [0.3, 0.4) is 0 Å². The van der Waals surface area contributed by atoms with Crippen LogP contribution in [0.25, 0.3) is 6.08 Å². The predicted molar refractivity (Wildman–Crippen MR) is 89.2 cm³/mol. The van der Waals surface area contributed by atoms with E-state index in [0.29, 0.717) is 24.3 Å². The lowest BCUT2D eigenvalue weighted by Crippen LogP contribution is -2.05. The number of methoxy groups -OCH3 is 1. The van der Waals surface area contributed by atoms with Crippen molar-refractivity contribution in [2.75, 3.05) is 7.11 Å². The van der Waals surface area contributed by atoms with Gasteiger partial charge in [0.15, 0.2) is 11.6 Å². The molecule has 122 valence electrons. The summed E-state index contributed by atoms with van der Waals surface area (Å²) in [6.45, 7) is 0. The van der Waals surface area contributed by atoms with E-state index in [4.69, 9.17) is 9.47 Å². The van der Waals surface area contributed by atoms with Crippen molar-refractivity contribution in [1.29, 1.82) is 0 Å². The van der Waals surface area contributed by atoms with Gasteiger partial charge >= 0.3 is 5.97 Å². The fraction of sp³-hybridized carbons (Fsp3) is 0.158. The molecular formula is C19H16FNO3. The third-order valence-corrected chi connectivity index (χ3v) is 3.65. The Morgan fingerprint density at radius 1 is 1.12 bits per heavy atom. The van der Waals surface area contributed by atoms with Crippen LogP contribution in [0.5, 0.6) is 5.75 Å². The molecule has 2 aromatic carbocycles. The monoisotopic (exact) mass is 325 g/mol. The summed E-state index contributed by atoms with van der Waals surface area (Å²) in [5.74, 6) is 0.286. The van der Waals surface area contributed by atoms with Crippen LogP contribution in [0.15, 0.2) is 59.2 Å². The van der Waals surface area contributed by atoms with E-state index in [9.17, 15) is 9.18 Å². The summed E-state index contributed by atoms with van der Waals surface area (Å²) < 4.78 is 23.8. The SMILES string of the molecule is COc1ccc(/C=C2/N=C(CCc3ccccc3F)OC2=O)cc1. The van der Waals surface area contributed by atoms with Gasteiger partial charge in [0.25, 0.3) is 0 Å². The lowest BCUT2D eigenvalue weighted by molar-refractivity contribution is -0.130. The van der Waals surface area contributed by atoms with E-state index in [1.807, 2.05) is 12.1 Å². The van der Waals surface area contributed by atoms with Crippen molar-refractivity contribution < 1.29 is 18.7 Å². The summed E-state index contributed by atoms with van der Waals surface area (Å²) >= 11 is 0. The Balaban J connectivity index is 1.70. The van der Waals surface area contributed by atoms with E-state index in [-0.39, 0.29) is 11.5 Å². The van der Waals surface area contributed by atoms with Crippen molar-refractivity contribution in [1.82, 2.24) is 0 Å². The summed E-state index contributed by atoms with van der Waals surface area (Å²) in [5, 5.41) is 0. The number of benzene rings is 2. The fourth-order valence-electron chi connectivity index (χ4n) is 2.36. The number of ether oxygens (including phenoxy) is 2. The molecule has 0 amide bonds. The fourth-order valence-corrected chi connectivity index (χ4v) is 2.36. The number of hydrogen-bond donors (Lipinski definition) is 0. The Kier molecular flexibility index (Phi) is 4.70. The number of halogens is 1. The second kappa shape index (κ2) is 7.08. The van der Waals surface area contributed by atoms with E-state index < -0.39 is 5.97 Å². The van der Waals surface area contributed by atoms with Crippen LogP contribution >= 0.6 is 0 Å². The molecule has 2 aromatic rings. The van der Waals surface area contributed by atoms with Crippen molar-refractivity contribution in [2.24, 2.45) is 4.99 Å². The van der Waals surface area contributed by atoms with Gasteiger partial charge in [-0.05, 0) is 41.8 Å². The standard InChI is InChI=1S/C19H16FNO3/c1-23-15-9-6-13(7-10-15)12-17-19(22)24-18(21-17)11-8-14-4-2-3-5-16(14)20/h2-7,9-10,12H,8,11H2,1H3/b17-12+. The third kappa shape index (κ3) is 3.68. The largest absolute Gasteiger partial charge is 0.497 e. The van der Waals surface area contributed by atoms with E-state index in [2.05, 4.69) is 4.99 Å². The molecule has 0 spiro atoms. The number of hydrogen-bond acceptors (Lipinski definition) is 4. The van der Waals surface area contributed by atoms with Crippen molar-refractivity contribution in [3.8, 4) is 5.75 Å². The Morgan fingerprint density at radius 2 is 1.88 bits per heavy atom. The number of esters is 1. The molecule has 0 atom stereocenters. The summed E-state index contributed by atoms with van der Waals surface area (Å²) in [7, 11) is 1.59. The molecule has 1 heterocycles. The molecule has 0 radical (unpaired) electrons. The second-order valence-electron chi connectivity index (χ2n) is 5.29. The maximum atomic E-state index is 13.6. The van der Waals surface area contributed by atoms with Crippen LogP contribution < -0.4 is 4.74 Å². The predicted octanol–water partition coefficient (Wildman–Crippen LogP) is 3.76. The highest BCUT2D eigenvalue weighted by atomic mass is 19.1. The topological polar surface area (TPSA) is 47.9 Å². The minimum atomic E-state index is -0.491. The van der Waals surface area contributed by atoms with Crippen molar-refractivity contribution in [2.45, 2.75) is 12.8 Å². The number of carbonyl (C=O) groups excluding carboxylic acids is 1. The van der Waals surface area contributed by atoms with E-state index in [1.165, 1.54) is 6.07 Å². The van der Waals surface area contributed by atoms with Gasteiger partial charge in [0, 0.05) is 6.42 Å². The van der Waals surface area contributed by atoms with Gasteiger partial charge in [0.1, 0.15) is 11.6 Å². The Bertz CT molecular complexity index is 810. The molecule has 0 saturated heterocycles. The summed E-state index contributed by atoms with van der Waals surface area (Å²) in [4.78, 5) is 16.1. The van der Waals surface area contributed by atoms with Gasteiger partial charge in [-0.1, -0.05) is 30.3 Å². The maximum absolute atomic E-state index is 13.6. The number of rotatable bonds is 5. The molecule has 0 N–H and O–H groups in total. The number of nitrogens with zero attached hydrogens (tertiary/aromatic N) is 1. The molecule has 1 aliphatic rings. The first-order valence-electron chi connectivity index (χ1n) is 7.54. The molecule has 5 heteroatoms. The smallest absolute Gasteiger partial charge is 0.363 e. The molecule has 0 aromatic heterocycles. The van der Waals surface area contributed by atoms with Gasteiger partial charge in [-0.2, -0.15) is 0 Å². The highest BCUT2D eigenvalue weighted by molar-refractivity contribution is 6.07. The van der Waals surface area contributed by atoms with E-state index in [1.54, 1.807) is 43.5 Å². The first-order chi connectivity index (χ1) is 11.7. The molecule has 1 aliphatic heterocycles. The quantitative estimate of drug-likeness (QED) is 0.621. The molecule has 0 unspecified atom stereocenters. The molecule has 0 aliphatic carbocycles. The normalized spacial score (nSPS) is 15.3. The zero-order valence-electron chi connectivity index (χ0n) is 13.2. The molecule has 0 fully saturated rings. The zero-order chi connectivity index (χ0) is 16.9. The molecular weight excluding hydrogens is 309 g/mol. The highest BCUT2D eigenvalue weighted by Gasteiger charge is 2.22. The third-order valence-electron chi connectivity index (χ3n) is 3.65. The van der Waals surface area contributed by atoms with Gasteiger partial charge < -0.3 is 9.47 Å². The van der Waals surface area contributed by atoms with Gasteiger partial charge in [0.05, 0.1) is 7.11 Å². The summed E-state index contributed by atoms with van der Waals surface area (Å²) in [6, 6.07) is 13.8. The second-order valence-corrected chi connectivity index (χ2v) is 5.29. The minimum Gasteiger partial charge on any atom is -0.497 e. The number of carbonyl (C=O) groups is 1. The van der Waals surface area contributed by atoms with Gasteiger partial charge in [-0.25, -0.2) is 14.2 Å². The van der Waals surface area contributed by atoms with Crippen molar-refractivity contribution in [3.63, 3.8) is 0 Å². The van der Waals surface area contributed by atoms with E-state index >= 15 is 0 Å². The Morgan fingerprint density at radius 3 is 2.58 bits per heavy atom. The van der Waals surface area contributed by atoms with Gasteiger partial charge in [-0.15, -0.1) is 0 Å². The van der Waals surface area contributed by atoms with Gasteiger partial charge in [-0.3, -0.25) is 0 Å². The van der Waals surface area contributed by atoms with E-state index in [0.717, 1.165) is 11.3 Å². The van der Waals surface area contributed by atoms with Crippen LogP contribution in [0.2, 0.25) is 0 Å². The van der Waals surface area contributed by atoms with Crippen molar-refractivity contribution >= 4 is 17.9 Å². The first-order valence-corrected chi connectivity index (χ1v) is 7.54. The number of cyclic esters (lactones) is 1. The van der Waals surface area contributed by atoms with Crippen LogP contribution in [-0.2, 0) is 16.0 Å². The molecule has 0 saturated carbocycles. The number of aliphatic imine (C=N–C) groups is 1. The maximum Gasteiger partial charge on any atom is 0.363 e. The average molecular weight is 325 g/mol. The lowest BCUT2D eigenvalue weighted by atomic mass is 10.1. The molecule has 24 heavy (non-hydrogen) atoms. The van der Waals surface area contributed by atoms with Crippen LogP contribution in [-0.4, -0.2) is 19.0 Å². The Hall–Kier alpha value is -2.95. The molecule has 4 nitrogen and oxygen atoms in total. The lowest BCUT2D eigenvalue weighted by Gasteiger charge is -2.01. The van der Waals surface area contributed by atoms with Crippen LogP contribution in [0.4, 0.5) is 4.39 Å². The zero-order valence-corrected chi connectivity index (χ0v) is 13.2. The first kappa shape index (κ1) is 15.9. The number of aryl methyl sites for hydroxylation is 1. The highest BCUT2D eigenvalue weighted by Crippen LogP contribution is 2.20. The Labute approximate surface area is 139 Å². The van der Waals surface area contributed by atoms with Crippen LogP contribution in [0, 0.1) is 5.82 Å². The van der Waals surface area contributed by atoms with Gasteiger partial charge in [0.2, 0.25) is 0 Å². The minimum absolute atomic E-state index is 0.240. The molecule has 3 rings (SSSR count). The van der Waals surface area contributed by atoms with Crippen molar-refractivity contribution in [3.05, 3.63) is 71.2 Å². The summed E-state index contributed by atoms with van der Waals surface area (Å²) in [6.07, 6.45) is 2.44. The van der Waals surface area contributed by atoms with Crippen LogP contribution in [0.1, 0.15) is 17.5 Å². The average Bonchev–Trinajstić information content (AvgIpc) is 2.94. The molecule has 0 bridgehead atoms.